The number of ether oxygens (including phenoxy) is 1. The highest BCUT2D eigenvalue weighted by Gasteiger charge is 2.07. The van der Waals surface area contributed by atoms with Gasteiger partial charge in [0.25, 0.3) is 0 Å². The Morgan fingerprint density at radius 2 is 2.11 bits per heavy atom. The molecule has 0 aliphatic carbocycles. The molecule has 6 heteroatoms. The van der Waals surface area contributed by atoms with E-state index in [2.05, 4.69) is 10.3 Å². The number of hydrogen-bond donors (Lipinski definition) is 0. The molecule has 19 heavy (non-hydrogen) atoms. The number of carbonyl (C=O) groups excluding carboxylic acids is 2. The second kappa shape index (κ2) is 6.44. The molecule has 0 radical (unpaired) electrons. The Labute approximate surface area is 110 Å². The van der Waals surface area contributed by atoms with Crippen LogP contribution in [0.25, 0.3) is 0 Å². The Bertz CT molecular complexity index is 551. The zero-order chi connectivity index (χ0) is 13.5. The lowest BCUT2D eigenvalue weighted by atomic mass is 10.2. The van der Waals surface area contributed by atoms with Gasteiger partial charge in [0.2, 0.25) is 0 Å². The van der Waals surface area contributed by atoms with Crippen LogP contribution >= 0.6 is 0 Å². The Morgan fingerprint density at radius 3 is 2.84 bits per heavy atom. The topological polar surface area (TPSA) is 74.1 Å². The zero-order valence-electron chi connectivity index (χ0n) is 10.2. The highest BCUT2D eigenvalue weighted by Crippen LogP contribution is 2.01. The van der Waals surface area contributed by atoms with Gasteiger partial charge in [0.1, 0.15) is 19.4 Å². The molecule has 0 spiro atoms. The second-order valence-electron chi connectivity index (χ2n) is 3.92. The predicted octanol–water partition coefficient (Wildman–Crippen LogP) is 0.763. The van der Waals surface area contributed by atoms with Crippen LogP contribution in [0.2, 0.25) is 0 Å². The van der Waals surface area contributed by atoms with Crippen molar-refractivity contribution < 1.29 is 14.3 Å². The summed E-state index contributed by atoms with van der Waals surface area (Å²) in [6.45, 7) is 0.217. The zero-order valence-corrected chi connectivity index (χ0v) is 10.2. The Morgan fingerprint density at radius 1 is 1.32 bits per heavy atom. The summed E-state index contributed by atoms with van der Waals surface area (Å²) in [4.78, 5) is 21.9. The third kappa shape index (κ3) is 4.02. The summed E-state index contributed by atoms with van der Waals surface area (Å²) in [5.41, 5.74) is 1.46. The molecule has 0 fully saturated rings. The third-order valence-electron chi connectivity index (χ3n) is 2.41. The fourth-order valence-electron chi connectivity index (χ4n) is 1.51. The van der Waals surface area contributed by atoms with Crippen LogP contribution in [0.5, 0.6) is 0 Å². The molecule has 0 aliphatic rings. The average Bonchev–Trinajstić information content (AvgIpc) is 2.85. The maximum absolute atomic E-state index is 11.6. The molecule has 98 valence electrons. The standard InChI is InChI=1S/C13H13N3O3/c17-7-6-12-8-16(15-14-12)9-13(18)19-10-11-4-2-1-3-5-11/h1-5,7-8H,6,9-10H2. The fourth-order valence-corrected chi connectivity index (χ4v) is 1.51. The molecule has 0 aliphatic heterocycles. The van der Waals surface area contributed by atoms with Crippen molar-refractivity contribution in [3.05, 3.63) is 47.8 Å². The molecule has 0 atom stereocenters. The van der Waals surface area contributed by atoms with Crippen LogP contribution < -0.4 is 0 Å². The van der Waals surface area contributed by atoms with Crippen molar-refractivity contribution in [2.75, 3.05) is 0 Å². The van der Waals surface area contributed by atoms with Crippen molar-refractivity contribution >= 4 is 12.3 Å². The monoisotopic (exact) mass is 259 g/mol. The number of aldehydes is 1. The number of rotatable bonds is 6. The van der Waals surface area contributed by atoms with Crippen LogP contribution in [0.1, 0.15) is 11.3 Å². The summed E-state index contributed by atoms with van der Waals surface area (Å²) in [6.07, 6.45) is 2.49. The summed E-state index contributed by atoms with van der Waals surface area (Å²) in [5, 5.41) is 7.49. The van der Waals surface area contributed by atoms with Gasteiger partial charge in [-0.2, -0.15) is 0 Å². The van der Waals surface area contributed by atoms with E-state index in [0.29, 0.717) is 5.69 Å². The summed E-state index contributed by atoms with van der Waals surface area (Å²) >= 11 is 0. The third-order valence-corrected chi connectivity index (χ3v) is 2.41. The highest BCUT2D eigenvalue weighted by molar-refractivity contribution is 5.69. The van der Waals surface area contributed by atoms with Crippen LogP contribution in [0, 0.1) is 0 Å². The first kappa shape index (κ1) is 12.9. The van der Waals surface area contributed by atoms with E-state index < -0.39 is 5.97 Å². The second-order valence-corrected chi connectivity index (χ2v) is 3.92. The fraction of sp³-hybridized carbons (Fsp3) is 0.231. The minimum Gasteiger partial charge on any atom is -0.459 e. The normalized spacial score (nSPS) is 10.1. The van der Waals surface area contributed by atoms with Gasteiger partial charge in [-0.25, -0.2) is 4.68 Å². The smallest absolute Gasteiger partial charge is 0.328 e. The molecule has 1 aromatic carbocycles. The first-order valence-electron chi connectivity index (χ1n) is 5.80. The molecule has 1 heterocycles. The van der Waals surface area contributed by atoms with Gasteiger partial charge in [0.05, 0.1) is 5.69 Å². The number of aromatic nitrogens is 3. The summed E-state index contributed by atoms with van der Waals surface area (Å²) in [6, 6.07) is 9.42. The Balaban J connectivity index is 1.82. The number of benzene rings is 1. The number of carbonyl (C=O) groups is 2. The van der Waals surface area contributed by atoms with E-state index in [9.17, 15) is 9.59 Å². The highest BCUT2D eigenvalue weighted by atomic mass is 16.5. The van der Waals surface area contributed by atoms with Crippen molar-refractivity contribution in [2.45, 2.75) is 19.6 Å². The van der Waals surface area contributed by atoms with Crippen LogP contribution in [0.4, 0.5) is 0 Å². The van der Waals surface area contributed by atoms with Gasteiger partial charge in [-0.05, 0) is 5.56 Å². The predicted molar refractivity (Wildman–Crippen MR) is 66.0 cm³/mol. The van der Waals surface area contributed by atoms with Gasteiger partial charge in [-0.15, -0.1) is 5.10 Å². The molecule has 0 saturated heterocycles. The van der Waals surface area contributed by atoms with Crippen molar-refractivity contribution in [3.63, 3.8) is 0 Å². The van der Waals surface area contributed by atoms with E-state index in [1.165, 1.54) is 4.68 Å². The lowest BCUT2D eigenvalue weighted by Crippen LogP contribution is -2.14. The van der Waals surface area contributed by atoms with Crippen LogP contribution in [-0.2, 0) is 33.9 Å². The maximum Gasteiger partial charge on any atom is 0.328 e. The molecule has 2 aromatic rings. The molecular weight excluding hydrogens is 246 g/mol. The van der Waals surface area contributed by atoms with E-state index >= 15 is 0 Å². The SMILES string of the molecule is O=CCc1cn(CC(=O)OCc2ccccc2)nn1. The van der Waals surface area contributed by atoms with Crippen LogP contribution in [-0.4, -0.2) is 27.2 Å². The Kier molecular flexibility index (Phi) is 4.39. The first-order valence-corrected chi connectivity index (χ1v) is 5.80. The minimum absolute atomic E-state index is 0.0152. The van der Waals surface area contributed by atoms with Crippen LogP contribution in [0.3, 0.4) is 0 Å². The molecule has 1 aromatic heterocycles. The van der Waals surface area contributed by atoms with Gasteiger partial charge in [-0.3, -0.25) is 4.79 Å². The van der Waals surface area contributed by atoms with E-state index in [0.717, 1.165) is 11.8 Å². The summed E-state index contributed by atoms with van der Waals surface area (Å²) in [5.74, 6) is -0.397. The van der Waals surface area contributed by atoms with Gasteiger partial charge in [-0.1, -0.05) is 35.5 Å². The van der Waals surface area contributed by atoms with Crippen molar-refractivity contribution in [3.8, 4) is 0 Å². The van der Waals surface area contributed by atoms with Crippen molar-refractivity contribution in [1.29, 1.82) is 0 Å². The van der Waals surface area contributed by atoms with Crippen molar-refractivity contribution in [1.82, 2.24) is 15.0 Å². The van der Waals surface area contributed by atoms with Gasteiger partial charge in [0.15, 0.2) is 0 Å². The van der Waals surface area contributed by atoms with Gasteiger partial charge < -0.3 is 9.53 Å². The Hall–Kier alpha value is -2.50. The van der Waals surface area contributed by atoms with E-state index in [1.807, 2.05) is 30.3 Å². The largest absolute Gasteiger partial charge is 0.459 e. The molecule has 0 unspecified atom stereocenters. The number of nitrogens with zero attached hydrogens (tertiary/aromatic N) is 3. The molecule has 0 N–H and O–H groups in total. The van der Waals surface area contributed by atoms with Gasteiger partial charge in [0, 0.05) is 12.6 Å². The van der Waals surface area contributed by atoms with Gasteiger partial charge >= 0.3 is 5.97 Å². The quantitative estimate of drug-likeness (QED) is 0.565. The maximum atomic E-state index is 11.6. The molecule has 0 bridgehead atoms. The molecule has 0 saturated carbocycles. The average molecular weight is 259 g/mol. The van der Waals surface area contributed by atoms with E-state index in [1.54, 1.807) is 6.20 Å². The molecular formula is C13H13N3O3. The number of esters is 1. The van der Waals surface area contributed by atoms with Crippen molar-refractivity contribution in [2.24, 2.45) is 0 Å². The summed E-state index contributed by atoms with van der Waals surface area (Å²) < 4.78 is 6.46. The first-order chi connectivity index (χ1) is 9.28. The molecule has 0 amide bonds. The lowest BCUT2D eigenvalue weighted by molar-refractivity contribution is -0.145. The van der Waals surface area contributed by atoms with E-state index in [4.69, 9.17) is 4.74 Å². The lowest BCUT2D eigenvalue weighted by Gasteiger charge is -2.04. The number of hydrogen-bond acceptors (Lipinski definition) is 5. The molecule has 2 rings (SSSR count). The minimum atomic E-state index is -0.397. The van der Waals surface area contributed by atoms with E-state index in [-0.39, 0.29) is 19.6 Å². The summed E-state index contributed by atoms with van der Waals surface area (Å²) in [7, 11) is 0. The molecule has 6 nitrogen and oxygen atoms in total. The van der Waals surface area contributed by atoms with Crippen LogP contribution in [0.15, 0.2) is 36.5 Å².